The van der Waals surface area contributed by atoms with Crippen molar-refractivity contribution in [3.05, 3.63) is 77.4 Å². The van der Waals surface area contributed by atoms with Crippen molar-refractivity contribution in [2.24, 2.45) is 34.5 Å². The van der Waals surface area contributed by atoms with Crippen molar-refractivity contribution in [2.45, 2.75) is 128 Å². The van der Waals surface area contributed by atoms with Gasteiger partial charge in [-0.2, -0.15) is 0 Å². The summed E-state index contributed by atoms with van der Waals surface area (Å²) < 4.78 is 11.6. The zero-order valence-electron chi connectivity index (χ0n) is 38.0. The zero-order valence-corrected chi connectivity index (χ0v) is 38.0. The summed E-state index contributed by atoms with van der Waals surface area (Å²) in [5.74, 6) is 2.24. The Bertz CT molecular complexity index is 2180. The first-order valence-electron chi connectivity index (χ1n) is 24.5. The van der Waals surface area contributed by atoms with E-state index in [1.165, 1.54) is 94.4 Å². The molecule has 9 atom stereocenters. The summed E-state index contributed by atoms with van der Waals surface area (Å²) in [5, 5.41) is 8.22. The number of nitrogens with one attached hydrogen (secondary N) is 2. The molecule has 10 heteroatoms. The van der Waals surface area contributed by atoms with Crippen molar-refractivity contribution < 1.29 is 28.7 Å². The molecular formula is C53H70N4O6. The monoisotopic (exact) mass is 859 g/mol. The molecule has 4 saturated carbocycles. The van der Waals surface area contributed by atoms with E-state index in [9.17, 15) is 19.2 Å². The predicted octanol–water partition coefficient (Wildman–Crippen LogP) is 9.37. The van der Waals surface area contributed by atoms with Gasteiger partial charge in [0.2, 0.25) is 11.8 Å². The molecule has 0 spiro atoms. The number of fused-ring (bicyclic) bond motifs is 7. The van der Waals surface area contributed by atoms with E-state index in [4.69, 9.17) is 9.47 Å². The van der Waals surface area contributed by atoms with Crippen LogP contribution < -0.4 is 10.6 Å². The maximum atomic E-state index is 13.3. The van der Waals surface area contributed by atoms with Gasteiger partial charge in [-0.25, -0.2) is 0 Å². The second-order valence-corrected chi connectivity index (χ2v) is 20.6. The van der Waals surface area contributed by atoms with Crippen LogP contribution in [0.5, 0.6) is 0 Å². The number of rotatable bonds is 17. The Morgan fingerprint density at radius 2 is 1.52 bits per heavy atom. The van der Waals surface area contributed by atoms with Gasteiger partial charge in [0.05, 0.1) is 30.9 Å². The molecule has 2 heterocycles. The average Bonchev–Trinajstić information content (AvgIpc) is 3.77. The summed E-state index contributed by atoms with van der Waals surface area (Å²) in [7, 11) is 2.39. The van der Waals surface area contributed by atoms with Gasteiger partial charge in [-0.05, 0) is 160 Å². The Morgan fingerprint density at radius 3 is 2.37 bits per heavy atom. The molecule has 0 radical (unpaired) electrons. The fourth-order valence-electron chi connectivity index (χ4n) is 14.0. The molecule has 3 aromatic carbocycles. The summed E-state index contributed by atoms with van der Waals surface area (Å²) in [6.45, 7) is 9.21. The number of amides is 4. The van der Waals surface area contributed by atoms with Crippen molar-refractivity contribution in [2.75, 3.05) is 51.9 Å². The molecule has 338 valence electrons. The van der Waals surface area contributed by atoms with Crippen LogP contribution in [0, 0.1) is 34.5 Å². The van der Waals surface area contributed by atoms with Gasteiger partial charge in [-0.15, -0.1) is 0 Å². The van der Waals surface area contributed by atoms with E-state index < -0.39 is 29.7 Å². The molecule has 5 fully saturated rings. The number of imide groups is 2. The van der Waals surface area contributed by atoms with Crippen LogP contribution in [0.15, 0.2) is 60.7 Å². The number of unbranched alkanes of at least 4 members (excludes halogenated alkanes) is 3. The first-order chi connectivity index (χ1) is 30.6. The molecule has 63 heavy (non-hydrogen) atoms. The Kier molecular flexibility index (Phi) is 13.1. The van der Waals surface area contributed by atoms with Crippen molar-refractivity contribution in [1.82, 2.24) is 15.1 Å². The van der Waals surface area contributed by atoms with Gasteiger partial charge < -0.3 is 19.7 Å². The Hall–Kier alpha value is -4.12. The minimum atomic E-state index is -0.986. The maximum absolute atomic E-state index is 13.3. The second kappa shape index (κ2) is 18.8. The number of anilines is 1. The minimum absolute atomic E-state index is 0.0884. The normalized spacial score (nSPS) is 31.5. The number of carbonyl (C=O) groups excluding carboxylic acids is 4. The van der Waals surface area contributed by atoms with E-state index in [0.29, 0.717) is 48.8 Å². The lowest BCUT2D eigenvalue weighted by Crippen LogP contribution is -2.55. The highest BCUT2D eigenvalue weighted by Crippen LogP contribution is 2.69. The van der Waals surface area contributed by atoms with Crippen LogP contribution >= 0.6 is 0 Å². The van der Waals surface area contributed by atoms with Crippen molar-refractivity contribution in [1.29, 1.82) is 0 Å². The van der Waals surface area contributed by atoms with Gasteiger partial charge in [0.15, 0.2) is 0 Å². The van der Waals surface area contributed by atoms with Gasteiger partial charge in [-0.3, -0.25) is 29.4 Å². The SMILES string of the molecule is CN(CCCCCCOCCOCCNc1cccc2c1C(=O)N(C1CCC(=O)NC1=O)C2=O)[C@H]1CC[C@]2(C)C3CC[C@]4(C)[C@@H](c5ccc6ccccc6c5)CC[C@H]4C3CC[C@H]2C1. The molecule has 6 aliphatic rings. The third kappa shape index (κ3) is 8.61. The van der Waals surface area contributed by atoms with Gasteiger partial charge in [-0.1, -0.05) is 75.2 Å². The van der Waals surface area contributed by atoms with Gasteiger partial charge in [0.25, 0.3) is 11.8 Å². The molecule has 10 nitrogen and oxygen atoms in total. The number of nitrogens with zero attached hydrogens (tertiary/aromatic N) is 2. The first-order valence-corrected chi connectivity index (χ1v) is 24.5. The highest BCUT2D eigenvalue weighted by molar-refractivity contribution is 6.25. The molecule has 2 aliphatic heterocycles. The Morgan fingerprint density at radius 1 is 0.746 bits per heavy atom. The van der Waals surface area contributed by atoms with Crippen LogP contribution in [-0.2, 0) is 19.1 Å². The molecule has 3 unspecified atom stereocenters. The standard InChI is InChI=1S/C53H70N4O6/c1-52-25-23-39(34-38(52)17-18-40-43-20-19-42(53(43,2)26-24-44(40)52)37-16-15-35-11-6-7-12-36(35)33-37)56(3)28-8-4-5-9-29-62-31-32-63-30-27-54-45-14-10-13-41-48(45)51(61)57(50(41)60)46-21-22-47(58)55-49(46)59/h6-7,10-16,33,38-40,42-44,46,54H,4-5,8-9,17-32,34H2,1-3H3,(H,55,58,59)/t38-,39-,40?,42+,43-,44?,46?,52-,53+/m0/s1. The van der Waals surface area contributed by atoms with Crippen LogP contribution in [0.2, 0.25) is 0 Å². The lowest BCUT2D eigenvalue weighted by atomic mass is 9.44. The van der Waals surface area contributed by atoms with E-state index in [2.05, 4.69) is 78.9 Å². The van der Waals surface area contributed by atoms with Crippen molar-refractivity contribution in [3.8, 4) is 0 Å². The fraction of sp³-hybridized carbons (Fsp3) is 0.623. The van der Waals surface area contributed by atoms with E-state index >= 15 is 0 Å². The summed E-state index contributed by atoms with van der Waals surface area (Å²) in [4.78, 5) is 54.1. The maximum Gasteiger partial charge on any atom is 0.264 e. The summed E-state index contributed by atoms with van der Waals surface area (Å²) in [6, 6.07) is 21.0. The molecule has 3 aromatic rings. The van der Waals surface area contributed by atoms with E-state index in [-0.39, 0.29) is 24.0 Å². The van der Waals surface area contributed by atoms with Crippen molar-refractivity contribution >= 4 is 40.1 Å². The van der Waals surface area contributed by atoms with E-state index in [0.717, 1.165) is 47.6 Å². The lowest BCUT2D eigenvalue weighted by molar-refractivity contribution is -0.136. The Labute approximate surface area is 374 Å². The fourth-order valence-corrected chi connectivity index (χ4v) is 14.0. The number of hydrogen-bond donors (Lipinski definition) is 2. The topological polar surface area (TPSA) is 117 Å². The molecule has 4 aliphatic carbocycles. The van der Waals surface area contributed by atoms with Crippen LogP contribution in [0.3, 0.4) is 0 Å². The number of piperidine rings is 1. The van der Waals surface area contributed by atoms with Crippen LogP contribution in [-0.4, -0.2) is 92.1 Å². The molecule has 9 rings (SSSR count). The number of ether oxygens (including phenoxy) is 2. The molecule has 0 bridgehead atoms. The highest BCUT2D eigenvalue weighted by Gasteiger charge is 2.60. The molecule has 0 aromatic heterocycles. The predicted molar refractivity (Wildman–Crippen MR) is 247 cm³/mol. The largest absolute Gasteiger partial charge is 0.382 e. The van der Waals surface area contributed by atoms with Gasteiger partial charge in [0, 0.05) is 31.3 Å². The molecular weight excluding hydrogens is 789 g/mol. The summed E-state index contributed by atoms with van der Waals surface area (Å²) in [5.41, 5.74) is 3.59. The lowest BCUT2D eigenvalue weighted by Gasteiger charge is -2.61. The van der Waals surface area contributed by atoms with Crippen LogP contribution in [0.25, 0.3) is 10.8 Å². The van der Waals surface area contributed by atoms with Crippen molar-refractivity contribution in [3.63, 3.8) is 0 Å². The molecule has 2 N–H and O–H groups in total. The second-order valence-electron chi connectivity index (χ2n) is 20.6. The smallest absolute Gasteiger partial charge is 0.264 e. The number of carbonyl (C=O) groups is 4. The quantitative estimate of drug-likeness (QED) is 0.102. The molecule has 4 amide bonds. The van der Waals surface area contributed by atoms with Crippen LogP contribution in [0.4, 0.5) is 5.69 Å². The first kappa shape index (κ1) is 44.1. The van der Waals surface area contributed by atoms with Gasteiger partial charge in [0.1, 0.15) is 6.04 Å². The number of benzene rings is 3. The highest BCUT2D eigenvalue weighted by atomic mass is 16.5. The number of hydrogen-bond acceptors (Lipinski definition) is 8. The summed E-state index contributed by atoms with van der Waals surface area (Å²) >= 11 is 0. The minimum Gasteiger partial charge on any atom is -0.382 e. The third-order valence-corrected chi connectivity index (χ3v) is 17.4. The molecule has 1 saturated heterocycles. The summed E-state index contributed by atoms with van der Waals surface area (Å²) in [6.07, 6.45) is 17.6. The average molecular weight is 859 g/mol. The van der Waals surface area contributed by atoms with Crippen LogP contribution in [0.1, 0.15) is 142 Å². The van der Waals surface area contributed by atoms with E-state index in [1.54, 1.807) is 23.8 Å². The Balaban J connectivity index is 0.634. The zero-order chi connectivity index (χ0) is 43.7. The third-order valence-electron chi connectivity index (χ3n) is 17.4. The van der Waals surface area contributed by atoms with E-state index in [1.807, 2.05) is 0 Å². The van der Waals surface area contributed by atoms with Gasteiger partial charge >= 0.3 is 0 Å².